The molecule has 0 spiro atoms. The van der Waals surface area contributed by atoms with Crippen LogP contribution >= 0.6 is 21.6 Å². The van der Waals surface area contributed by atoms with E-state index in [1.54, 1.807) is 0 Å². The third-order valence-electron chi connectivity index (χ3n) is 3.25. The molecule has 1 N–H and O–H groups in total. The molecule has 0 saturated carbocycles. The Hall–Kier alpha value is -0.0700. The third-order valence-corrected chi connectivity index (χ3v) is 6.26. The van der Waals surface area contributed by atoms with E-state index in [2.05, 4.69) is 5.32 Å². The highest BCUT2D eigenvalue weighted by Crippen LogP contribution is 2.39. The van der Waals surface area contributed by atoms with E-state index >= 15 is 0 Å². The lowest BCUT2D eigenvalue weighted by Gasteiger charge is -2.26. The first kappa shape index (κ1) is 14.3. The molecule has 2 fully saturated rings. The molecule has 0 aromatic rings. The van der Waals surface area contributed by atoms with Crippen molar-refractivity contribution in [2.75, 3.05) is 38.6 Å². The fourth-order valence-electron chi connectivity index (χ4n) is 2.14. The second-order valence-corrected chi connectivity index (χ2v) is 7.44. The molecular formula is C12H22N2O2S2. The molecule has 1 atom stereocenters. The maximum Gasteiger partial charge on any atom is 0.317 e. The first-order valence-electron chi connectivity index (χ1n) is 6.75. The van der Waals surface area contributed by atoms with Crippen LogP contribution in [-0.2, 0) is 4.74 Å². The van der Waals surface area contributed by atoms with Crippen LogP contribution in [-0.4, -0.2) is 54.8 Å². The number of hydrogen-bond acceptors (Lipinski definition) is 4. The molecule has 0 bridgehead atoms. The maximum atomic E-state index is 11.8. The summed E-state index contributed by atoms with van der Waals surface area (Å²) in [5, 5.41) is 3.85. The van der Waals surface area contributed by atoms with Crippen molar-refractivity contribution in [2.24, 2.45) is 0 Å². The van der Waals surface area contributed by atoms with Crippen molar-refractivity contribution in [1.82, 2.24) is 10.2 Å². The van der Waals surface area contributed by atoms with Crippen molar-refractivity contribution >= 4 is 27.6 Å². The van der Waals surface area contributed by atoms with Crippen LogP contribution in [0.2, 0.25) is 0 Å². The van der Waals surface area contributed by atoms with Crippen LogP contribution in [0.5, 0.6) is 0 Å². The van der Waals surface area contributed by atoms with Crippen LogP contribution in [0.3, 0.4) is 0 Å². The Morgan fingerprint density at radius 3 is 2.89 bits per heavy atom. The Kier molecular flexibility index (Phi) is 6.51. The van der Waals surface area contributed by atoms with Gasteiger partial charge in [-0.1, -0.05) is 28.0 Å². The summed E-state index contributed by atoms with van der Waals surface area (Å²) in [5.41, 5.74) is 0. The van der Waals surface area contributed by atoms with Gasteiger partial charge in [-0.25, -0.2) is 4.79 Å². The maximum absolute atomic E-state index is 11.8. The third kappa shape index (κ3) is 4.90. The van der Waals surface area contributed by atoms with Crippen LogP contribution in [0.1, 0.15) is 25.7 Å². The van der Waals surface area contributed by atoms with E-state index in [4.69, 9.17) is 4.74 Å². The summed E-state index contributed by atoms with van der Waals surface area (Å²) in [6, 6.07) is 0.0732. The van der Waals surface area contributed by atoms with Gasteiger partial charge in [-0.15, -0.1) is 0 Å². The Morgan fingerprint density at radius 2 is 2.17 bits per heavy atom. The number of carbonyl (C=O) groups excluding carboxylic acids is 1. The van der Waals surface area contributed by atoms with Crippen LogP contribution in [0.4, 0.5) is 4.79 Å². The molecule has 2 amide bonds. The average molecular weight is 290 g/mol. The van der Waals surface area contributed by atoms with E-state index in [1.165, 1.54) is 25.0 Å². The number of rotatable bonds is 5. The highest BCUT2D eigenvalue weighted by atomic mass is 33.1. The minimum atomic E-state index is 0.0732. The fourth-order valence-corrected chi connectivity index (χ4v) is 5.16. The number of unbranched alkanes of at least 4 members (excludes halogenated alkanes) is 1. The van der Waals surface area contributed by atoms with E-state index in [-0.39, 0.29) is 6.03 Å². The number of ether oxygens (including phenoxy) is 1. The average Bonchev–Trinajstić information content (AvgIpc) is 2.92. The lowest BCUT2D eigenvalue weighted by Crippen LogP contribution is -2.46. The number of nitrogens with one attached hydrogen (secondary N) is 1. The van der Waals surface area contributed by atoms with Gasteiger partial charge in [0.15, 0.2) is 0 Å². The van der Waals surface area contributed by atoms with E-state index < -0.39 is 0 Å². The number of amides is 2. The van der Waals surface area contributed by atoms with Crippen LogP contribution in [0.25, 0.3) is 0 Å². The number of morpholine rings is 1. The summed E-state index contributed by atoms with van der Waals surface area (Å²) in [6.07, 6.45) is 4.97. The molecule has 0 radical (unpaired) electrons. The molecule has 2 aliphatic rings. The lowest BCUT2D eigenvalue weighted by atomic mass is 10.1. The van der Waals surface area contributed by atoms with E-state index in [1.807, 2.05) is 26.5 Å². The molecule has 104 valence electrons. The molecular weight excluding hydrogens is 268 g/mol. The predicted molar refractivity (Wildman–Crippen MR) is 78.1 cm³/mol. The predicted octanol–water partition coefficient (Wildman–Crippen LogP) is 2.35. The largest absolute Gasteiger partial charge is 0.378 e. The summed E-state index contributed by atoms with van der Waals surface area (Å²) in [7, 11) is 4.03. The second kappa shape index (κ2) is 8.17. The van der Waals surface area contributed by atoms with Gasteiger partial charge in [0.25, 0.3) is 0 Å². The number of nitrogens with zero attached hydrogens (tertiary/aromatic N) is 1. The minimum Gasteiger partial charge on any atom is -0.378 e. The molecule has 18 heavy (non-hydrogen) atoms. The Labute approximate surface area is 117 Å². The van der Waals surface area contributed by atoms with Crippen molar-refractivity contribution in [3.8, 4) is 0 Å². The Bertz CT molecular complexity index is 254. The molecule has 2 saturated heterocycles. The van der Waals surface area contributed by atoms with Gasteiger partial charge in [0.05, 0.1) is 13.2 Å². The van der Waals surface area contributed by atoms with Crippen LogP contribution in [0, 0.1) is 0 Å². The van der Waals surface area contributed by atoms with Crippen molar-refractivity contribution < 1.29 is 9.53 Å². The van der Waals surface area contributed by atoms with Gasteiger partial charge in [-0.3, -0.25) is 0 Å². The highest BCUT2D eigenvalue weighted by molar-refractivity contribution is 8.77. The van der Waals surface area contributed by atoms with Crippen molar-refractivity contribution in [1.29, 1.82) is 0 Å². The molecule has 1 unspecified atom stereocenters. The van der Waals surface area contributed by atoms with Crippen molar-refractivity contribution in [3.05, 3.63) is 0 Å². The lowest BCUT2D eigenvalue weighted by molar-refractivity contribution is 0.0532. The van der Waals surface area contributed by atoms with Gasteiger partial charge in [0.1, 0.15) is 0 Å². The van der Waals surface area contributed by atoms with Gasteiger partial charge in [-0.2, -0.15) is 0 Å². The molecule has 0 aromatic carbocycles. The van der Waals surface area contributed by atoms with Crippen molar-refractivity contribution in [2.45, 2.75) is 30.9 Å². The van der Waals surface area contributed by atoms with E-state index in [0.717, 1.165) is 31.3 Å². The van der Waals surface area contributed by atoms with Gasteiger partial charge >= 0.3 is 6.03 Å². The molecule has 4 nitrogen and oxygen atoms in total. The number of carbonyl (C=O) groups is 1. The minimum absolute atomic E-state index is 0.0732. The fraction of sp³-hybridized carbons (Fsp3) is 0.917. The quantitative estimate of drug-likeness (QED) is 0.623. The summed E-state index contributed by atoms with van der Waals surface area (Å²) in [5.74, 6) is 1.31. The van der Waals surface area contributed by atoms with Crippen molar-refractivity contribution in [3.63, 3.8) is 0 Å². The summed E-state index contributed by atoms with van der Waals surface area (Å²) in [4.78, 5) is 13.6. The molecule has 2 aliphatic heterocycles. The summed E-state index contributed by atoms with van der Waals surface area (Å²) >= 11 is 0. The Morgan fingerprint density at radius 1 is 1.33 bits per heavy atom. The summed E-state index contributed by atoms with van der Waals surface area (Å²) in [6.45, 7) is 3.60. The zero-order valence-corrected chi connectivity index (χ0v) is 12.4. The SMILES string of the molecule is O=C(NCCCCC1CCSS1)N1CCOCC1. The van der Waals surface area contributed by atoms with Gasteiger partial charge in [0.2, 0.25) is 0 Å². The van der Waals surface area contributed by atoms with Crippen LogP contribution in [0.15, 0.2) is 0 Å². The van der Waals surface area contributed by atoms with Gasteiger partial charge in [0, 0.05) is 30.6 Å². The molecule has 0 aromatic heterocycles. The van der Waals surface area contributed by atoms with E-state index in [9.17, 15) is 4.79 Å². The molecule has 2 heterocycles. The molecule has 2 rings (SSSR count). The first-order chi connectivity index (χ1) is 8.86. The Balaban J connectivity index is 1.48. The summed E-state index contributed by atoms with van der Waals surface area (Å²) < 4.78 is 5.22. The monoisotopic (exact) mass is 290 g/mol. The second-order valence-electron chi connectivity index (χ2n) is 4.66. The van der Waals surface area contributed by atoms with Gasteiger partial charge < -0.3 is 15.0 Å². The molecule has 6 heteroatoms. The number of urea groups is 1. The zero-order chi connectivity index (χ0) is 12.6. The van der Waals surface area contributed by atoms with Crippen LogP contribution < -0.4 is 5.32 Å². The highest BCUT2D eigenvalue weighted by Gasteiger charge is 2.17. The normalized spacial score (nSPS) is 24.2. The van der Waals surface area contributed by atoms with E-state index in [0.29, 0.717) is 13.2 Å². The zero-order valence-electron chi connectivity index (χ0n) is 10.7. The molecule has 0 aliphatic carbocycles. The smallest absolute Gasteiger partial charge is 0.317 e. The number of hydrogen-bond donors (Lipinski definition) is 1. The first-order valence-corrected chi connectivity index (χ1v) is 9.13. The van der Waals surface area contributed by atoms with Gasteiger partial charge in [-0.05, 0) is 19.3 Å². The standard InChI is InChI=1S/C12H22N2O2S2/c15-12(14-6-8-16-9-7-14)13-5-2-1-3-11-4-10-17-18-11/h11H,1-10H2,(H,13,15). The topological polar surface area (TPSA) is 41.6 Å².